The van der Waals surface area contributed by atoms with Crippen molar-refractivity contribution in [2.24, 2.45) is 0 Å². The number of nitrogens with zero attached hydrogens (tertiary/aromatic N) is 2. The van der Waals surface area contributed by atoms with Crippen LogP contribution in [0, 0.1) is 6.92 Å². The molecular formula is C26H24ClN3O2. The summed E-state index contributed by atoms with van der Waals surface area (Å²) in [6, 6.07) is 22.5. The van der Waals surface area contributed by atoms with E-state index in [4.69, 9.17) is 11.6 Å². The van der Waals surface area contributed by atoms with Gasteiger partial charge in [-0.2, -0.15) is 0 Å². The van der Waals surface area contributed by atoms with Crippen LogP contribution >= 0.6 is 11.6 Å². The lowest BCUT2D eigenvalue weighted by Crippen LogP contribution is -2.32. The standard InChI is InChI=1S/C26H24ClN3O2/c1-17-8-10-18(11-9-17)23-24(28-20-12-14-21(15-13-20)29(2)3)26(32)30(25(23)31)16-19-6-4-5-7-22(19)27/h4-15,28H,16H2,1-3H3. The van der Waals surface area contributed by atoms with Gasteiger partial charge < -0.3 is 10.2 Å². The second-order valence-corrected chi connectivity index (χ2v) is 8.38. The Bertz CT molecular complexity index is 1200. The van der Waals surface area contributed by atoms with Crippen LogP contribution < -0.4 is 10.2 Å². The van der Waals surface area contributed by atoms with Gasteiger partial charge in [-0.3, -0.25) is 14.5 Å². The van der Waals surface area contributed by atoms with E-state index in [2.05, 4.69) is 5.32 Å². The average molecular weight is 446 g/mol. The molecule has 0 radical (unpaired) electrons. The zero-order valence-electron chi connectivity index (χ0n) is 18.2. The Morgan fingerprint density at radius 3 is 2.16 bits per heavy atom. The van der Waals surface area contributed by atoms with Gasteiger partial charge in [-0.15, -0.1) is 0 Å². The zero-order valence-corrected chi connectivity index (χ0v) is 19.0. The zero-order chi connectivity index (χ0) is 22.8. The number of nitrogens with one attached hydrogen (secondary N) is 1. The van der Waals surface area contributed by atoms with Crippen LogP contribution in [0.3, 0.4) is 0 Å². The van der Waals surface area contributed by atoms with E-state index in [0.717, 1.165) is 22.5 Å². The fraction of sp³-hybridized carbons (Fsp3) is 0.154. The van der Waals surface area contributed by atoms with Crippen LogP contribution in [0.1, 0.15) is 16.7 Å². The predicted molar refractivity (Wildman–Crippen MR) is 129 cm³/mol. The van der Waals surface area contributed by atoms with Gasteiger partial charge in [0.2, 0.25) is 0 Å². The molecule has 4 rings (SSSR count). The molecule has 0 aromatic heterocycles. The van der Waals surface area contributed by atoms with E-state index in [-0.39, 0.29) is 24.1 Å². The Labute approximate surface area is 192 Å². The molecule has 1 heterocycles. The number of halogens is 1. The van der Waals surface area contributed by atoms with Crippen molar-refractivity contribution in [2.45, 2.75) is 13.5 Å². The third kappa shape index (κ3) is 4.25. The second-order valence-electron chi connectivity index (χ2n) is 7.97. The third-order valence-electron chi connectivity index (χ3n) is 5.45. The van der Waals surface area contributed by atoms with Crippen molar-refractivity contribution >= 4 is 40.4 Å². The molecule has 5 nitrogen and oxygen atoms in total. The maximum Gasteiger partial charge on any atom is 0.278 e. The monoisotopic (exact) mass is 445 g/mol. The van der Waals surface area contributed by atoms with Gasteiger partial charge in [-0.05, 0) is 48.4 Å². The fourth-order valence-electron chi connectivity index (χ4n) is 3.61. The predicted octanol–water partition coefficient (Wildman–Crippen LogP) is 5.11. The van der Waals surface area contributed by atoms with E-state index in [0.29, 0.717) is 16.2 Å². The number of benzene rings is 3. The molecular weight excluding hydrogens is 422 g/mol. The van der Waals surface area contributed by atoms with Crippen molar-refractivity contribution in [1.82, 2.24) is 4.90 Å². The molecule has 0 saturated heterocycles. The molecule has 2 amide bonds. The lowest BCUT2D eigenvalue weighted by molar-refractivity contribution is -0.137. The lowest BCUT2D eigenvalue weighted by Gasteiger charge is -2.16. The molecule has 0 saturated carbocycles. The highest BCUT2D eigenvalue weighted by atomic mass is 35.5. The first-order valence-electron chi connectivity index (χ1n) is 10.3. The molecule has 3 aromatic carbocycles. The topological polar surface area (TPSA) is 52.7 Å². The number of rotatable bonds is 6. The van der Waals surface area contributed by atoms with Crippen molar-refractivity contribution < 1.29 is 9.59 Å². The summed E-state index contributed by atoms with van der Waals surface area (Å²) in [7, 11) is 3.93. The molecule has 0 bridgehead atoms. The van der Waals surface area contributed by atoms with Crippen molar-refractivity contribution in [3.05, 3.63) is 100 Å². The summed E-state index contributed by atoms with van der Waals surface area (Å²) in [6.07, 6.45) is 0. The van der Waals surface area contributed by atoms with Crippen molar-refractivity contribution in [3.8, 4) is 0 Å². The van der Waals surface area contributed by atoms with E-state index in [1.807, 2.05) is 92.6 Å². The number of aryl methyl sites for hydroxylation is 1. The normalized spacial score (nSPS) is 13.7. The van der Waals surface area contributed by atoms with Gasteiger partial charge in [-0.1, -0.05) is 59.6 Å². The van der Waals surface area contributed by atoms with Gasteiger partial charge in [0, 0.05) is 30.5 Å². The summed E-state index contributed by atoms with van der Waals surface area (Å²) in [5.74, 6) is -0.714. The van der Waals surface area contributed by atoms with Gasteiger partial charge in [0.1, 0.15) is 5.70 Å². The molecule has 0 atom stereocenters. The van der Waals surface area contributed by atoms with Crippen molar-refractivity contribution in [1.29, 1.82) is 0 Å². The molecule has 3 aromatic rings. The SMILES string of the molecule is Cc1ccc(C2=C(Nc3ccc(N(C)C)cc3)C(=O)N(Cc3ccccc3Cl)C2=O)cc1. The number of anilines is 2. The van der Waals surface area contributed by atoms with E-state index in [1.165, 1.54) is 4.90 Å². The number of amides is 2. The van der Waals surface area contributed by atoms with Crippen molar-refractivity contribution in [3.63, 3.8) is 0 Å². The summed E-state index contributed by atoms with van der Waals surface area (Å²) in [4.78, 5) is 30.1. The Kier molecular flexibility index (Phi) is 6.01. The van der Waals surface area contributed by atoms with Crippen molar-refractivity contribution in [2.75, 3.05) is 24.3 Å². The number of carbonyl (C=O) groups excluding carboxylic acids is 2. The Morgan fingerprint density at radius 2 is 1.53 bits per heavy atom. The maximum atomic E-state index is 13.4. The van der Waals surface area contributed by atoms with Crippen LogP contribution in [0.2, 0.25) is 5.02 Å². The van der Waals surface area contributed by atoms with Gasteiger partial charge in [-0.25, -0.2) is 0 Å². The van der Waals surface area contributed by atoms with E-state index in [1.54, 1.807) is 6.07 Å². The Hall–Kier alpha value is -3.57. The van der Waals surface area contributed by atoms with Crippen LogP contribution in [0.25, 0.3) is 5.57 Å². The first-order valence-corrected chi connectivity index (χ1v) is 10.7. The molecule has 1 N–H and O–H groups in total. The van der Waals surface area contributed by atoms with Crippen LogP contribution in [0.5, 0.6) is 0 Å². The largest absolute Gasteiger partial charge is 0.378 e. The molecule has 32 heavy (non-hydrogen) atoms. The van der Waals surface area contributed by atoms with Gasteiger partial charge in [0.05, 0.1) is 12.1 Å². The third-order valence-corrected chi connectivity index (χ3v) is 5.82. The number of carbonyl (C=O) groups is 2. The van der Waals surface area contributed by atoms with Crippen LogP contribution in [0.15, 0.2) is 78.5 Å². The van der Waals surface area contributed by atoms with Gasteiger partial charge in [0.15, 0.2) is 0 Å². The maximum absolute atomic E-state index is 13.4. The van der Waals surface area contributed by atoms with Crippen LogP contribution in [0.4, 0.5) is 11.4 Å². The first-order chi connectivity index (χ1) is 15.3. The summed E-state index contributed by atoms with van der Waals surface area (Å²) >= 11 is 6.29. The van der Waals surface area contributed by atoms with Gasteiger partial charge >= 0.3 is 0 Å². The number of imide groups is 1. The highest BCUT2D eigenvalue weighted by molar-refractivity contribution is 6.36. The number of hydrogen-bond acceptors (Lipinski definition) is 4. The average Bonchev–Trinajstić information content (AvgIpc) is 3.00. The molecule has 6 heteroatoms. The first kappa shape index (κ1) is 21.7. The highest BCUT2D eigenvalue weighted by Crippen LogP contribution is 2.32. The second kappa shape index (κ2) is 8.89. The Balaban J connectivity index is 1.72. The summed E-state index contributed by atoms with van der Waals surface area (Å²) in [6.45, 7) is 2.09. The lowest BCUT2D eigenvalue weighted by atomic mass is 10.0. The quantitative estimate of drug-likeness (QED) is 0.536. The minimum absolute atomic E-state index is 0.109. The minimum atomic E-state index is -0.373. The number of hydrogen-bond donors (Lipinski definition) is 1. The van der Waals surface area contributed by atoms with E-state index >= 15 is 0 Å². The summed E-state index contributed by atoms with van der Waals surface area (Å²) in [5, 5.41) is 3.72. The minimum Gasteiger partial charge on any atom is -0.378 e. The molecule has 0 aliphatic carbocycles. The molecule has 0 spiro atoms. The van der Waals surface area contributed by atoms with Crippen LogP contribution in [-0.2, 0) is 16.1 Å². The smallest absolute Gasteiger partial charge is 0.278 e. The molecule has 162 valence electrons. The van der Waals surface area contributed by atoms with E-state index in [9.17, 15) is 9.59 Å². The highest BCUT2D eigenvalue weighted by Gasteiger charge is 2.39. The fourth-order valence-corrected chi connectivity index (χ4v) is 3.80. The molecule has 1 aliphatic rings. The Morgan fingerprint density at radius 1 is 0.875 bits per heavy atom. The molecule has 1 aliphatic heterocycles. The summed E-state index contributed by atoms with van der Waals surface area (Å²) in [5.41, 5.74) is 4.89. The summed E-state index contributed by atoms with van der Waals surface area (Å²) < 4.78 is 0. The van der Waals surface area contributed by atoms with E-state index < -0.39 is 0 Å². The van der Waals surface area contributed by atoms with Gasteiger partial charge in [0.25, 0.3) is 11.8 Å². The molecule has 0 unspecified atom stereocenters. The van der Waals surface area contributed by atoms with Crippen LogP contribution in [-0.4, -0.2) is 30.8 Å². The molecule has 0 fully saturated rings.